The van der Waals surface area contributed by atoms with Gasteiger partial charge >= 0.3 is 0 Å². The fourth-order valence-electron chi connectivity index (χ4n) is 1.85. The summed E-state index contributed by atoms with van der Waals surface area (Å²) in [7, 11) is 0. The molecule has 20 heavy (non-hydrogen) atoms. The Morgan fingerprint density at radius 3 is 2.65 bits per heavy atom. The van der Waals surface area contributed by atoms with E-state index in [0.29, 0.717) is 11.8 Å². The van der Waals surface area contributed by atoms with Crippen LogP contribution in [-0.4, -0.2) is 16.5 Å². The number of anilines is 3. The third-order valence-corrected chi connectivity index (χ3v) is 2.84. The standard InChI is InChI=1S/C15H19FN4/c1-4-7-17-15-18-11(3)9-14(20-15)19-13-6-5-12(16)8-10(13)2/h5-6,8-9H,4,7H2,1-3H3,(H2,17,18,19,20). The summed E-state index contributed by atoms with van der Waals surface area (Å²) >= 11 is 0. The molecule has 0 aliphatic rings. The van der Waals surface area contributed by atoms with Gasteiger partial charge in [-0.25, -0.2) is 9.37 Å². The molecule has 0 saturated carbocycles. The smallest absolute Gasteiger partial charge is 0.224 e. The van der Waals surface area contributed by atoms with Crippen LogP contribution in [0.4, 0.5) is 21.8 Å². The van der Waals surface area contributed by atoms with Crippen LogP contribution in [0.5, 0.6) is 0 Å². The number of halogens is 1. The van der Waals surface area contributed by atoms with Crippen LogP contribution in [0.3, 0.4) is 0 Å². The Morgan fingerprint density at radius 1 is 1.15 bits per heavy atom. The lowest BCUT2D eigenvalue weighted by Crippen LogP contribution is -2.07. The normalized spacial score (nSPS) is 10.4. The molecule has 106 valence electrons. The molecule has 2 rings (SSSR count). The van der Waals surface area contributed by atoms with Crippen molar-refractivity contribution < 1.29 is 4.39 Å². The highest BCUT2D eigenvalue weighted by atomic mass is 19.1. The van der Waals surface area contributed by atoms with Gasteiger partial charge < -0.3 is 10.6 Å². The maximum absolute atomic E-state index is 13.1. The molecular formula is C15H19FN4. The van der Waals surface area contributed by atoms with Gasteiger partial charge in [-0.1, -0.05) is 6.92 Å². The second-order valence-electron chi connectivity index (χ2n) is 4.73. The van der Waals surface area contributed by atoms with Crippen LogP contribution in [0.1, 0.15) is 24.6 Å². The summed E-state index contributed by atoms with van der Waals surface area (Å²) in [6.45, 7) is 6.69. The van der Waals surface area contributed by atoms with Crippen LogP contribution in [0, 0.1) is 19.7 Å². The lowest BCUT2D eigenvalue weighted by Gasteiger charge is -2.11. The first-order valence-corrected chi connectivity index (χ1v) is 6.71. The second-order valence-corrected chi connectivity index (χ2v) is 4.73. The third-order valence-electron chi connectivity index (χ3n) is 2.84. The molecule has 0 amide bonds. The minimum Gasteiger partial charge on any atom is -0.354 e. The van der Waals surface area contributed by atoms with Gasteiger partial charge in [-0.3, -0.25) is 0 Å². The molecule has 0 atom stereocenters. The molecule has 0 aliphatic carbocycles. The summed E-state index contributed by atoms with van der Waals surface area (Å²) in [5, 5.41) is 6.36. The first kappa shape index (κ1) is 14.2. The van der Waals surface area contributed by atoms with E-state index in [2.05, 4.69) is 27.5 Å². The monoisotopic (exact) mass is 274 g/mol. The summed E-state index contributed by atoms with van der Waals surface area (Å²) in [6, 6.07) is 6.49. The van der Waals surface area contributed by atoms with E-state index in [9.17, 15) is 4.39 Å². The molecule has 1 heterocycles. The summed E-state index contributed by atoms with van der Waals surface area (Å²) < 4.78 is 13.1. The van der Waals surface area contributed by atoms with Crippen molar-refractivity contribution in [2.24, 2.45) is 0 Å². The average Bonchev–Trinajstić information content (AvgIpc) is 2.39. The summed E-state index contributed by atoms with van der Waals surface area (Å²) in [5.41, 5.74) is 2.55. The molecule has 0 unspecified atom stereocenters. The van der Waals surface area contributed by atoms with Gasteiger partial charge in [0.2, 0.25) is 5.95 Å². The Hall–Kier alpha value is -2.17. The van der Waals surface area contributed by atoms with Crippen molar-refractivity contribution in [1.29, 1.82) is 0 Å². The van der Waals surface area contributed by atoms with E-state index in [1.807, 2.05) is 19.9 Å². The molecule has 4 nitrogen and oxygen atoms in total. The van der Waals surface area contributed by atoms with Crippen molar-refractivity contribution in [1.82, 2.24) is 9.97 Å². The zero-order chi connectivity index (χ0) is 14.5. The topological polar surface area (TPSA) is 49.8 Å². The molecule has 0 fully saturated rings. The van der Waals surface area contributed by atoms with E-state index in [1.165, 1.54) is 12.1 Å². The van der Waals surface area contributed by atoms with Crippen LogP contribution < -0.4 is 10.6 Å². The Kier molecular flexibility index (Phi) is 4.50. The SMILES string of the molecule is CCCNc1nc(C)cc(Nc2ccc(F)cc2C)n1. The van der Waals surface area contributed by atoms with Gasteiger partial charge in [-0.15, -0.1) is 0 Å². The van der Waals surface area contributed by atoms with E-state index in [-0.39, 0.29) is 5.82 Å². The molecule has 0 bridgehead atoms. The minimum atomic E-state index is -0.239. The number of aromatic nitrogens is 2. The zero-order valence-corrected chi connectivity index (χ0v) is 12.0. The highest BCUT2D eigenvalue weighted by molar-refractivity contribution is 5.61. The third kappa shape index (κ3) is 3.66. The maximum Gasteiger partial charge on any atom is 0.224 e. The van der Waals surface area contributed by atoms with Crippen LogP contribution in [0.15, 0.2) is 24.3 Å². The van der Waals surface area contributed by atoms with Gasteiger partial charge in [0, 0.05) is 24.0 Å². The van der Waals surface area contributed by atoms with Crippen molar-refractivity contribution in [3.8, 4) is 0 Å². The van der Waals surface area contributed by atoms with Crippen molar-refractivity contribution in [3.05, 3.63) is 41.3 Å². The van der Waals surface area contributed by atoms with Crippen LogP contribution in [0.2, 0.25) is 0 Å². The lowest BCUT2D eigenvalue weighted by molar-refractivity contribution is 0.627. The molecule has 1 aromatic carbocycles. The predicted molar refractivity (Wildman–Crippen MR) is 80.0 cm³/mol. The van der Waals surface area contributed by atoms with Crippen molar-refractivity contribution >= 4 is 17.5 Å². The van der Waals surface area contributed by atoms with Crippen LogP contribution in [0.25, 0.3) is 0 Å². The number of nitrogens with zero attached hydrogens (tertiary/aromatic N) is 2. The Morgan fingerprint density at radius 2 is 1.95 bits per heavy atom. The van der Waals surface area contributed by atoms with E-state index < -0.39 is 0 Å². The summed E-state index contributed by atoms with van der Waals surface area (Å²) in [4.78, 5) is 8.73. The molecule has 0 radical (unpaired) electrons. The molecular weight excluding hydrogens is 255 g/mol. The Labute approximate surface area is 118 Å². The molecule has 0 saturated heterocycles. The molecule has 1 aromatic heterocycles. The van der Waals surface area contributed by atoms with Gasteiger partial charge in [0.25, 0.3) is 0 Å². The molecule has 0 aliphatic heterocycles. The molecule has 5 heteroatoms. The average molecular weight is 274 g/mol. The Bertz CT molecular complexity index is 598. The van der Waals surface area contributed by atoms with E-state index in [1.54, 1.807) is 6.07 Å². The van der Waals surface area contributed by atoms with E-state index in [4.69, 9.17) is 0 Å². The number of rotatable bonds is 5. The number of aryl methyl sites for hydroxylation is 2. The highest BCUT2D eigenvalue weighted by Crippen LogP contribution is 2.21. The molecule has 0 spiro atoms. The Balaban J connectivity index is 2.21. The van der Waals surface area contributed by atoms with Gasteiger partial charge in [0.1, 0.15) is 11.6 Å². The van der Waals surface area contributed by atoms with Crippen molar-refractivity contribution in [2.45, 2.75) is 27.2 Å². The summed E-state index contributed by atoms with van der Waals surface area (Å²) in [5.74, 6) is 1.07. The minimum absolute atomic E-state index is 0.239. The molecule has 2 N–H and O–H groups in total. The fourth-order valence-corrected chi connectivity index (χ4v) is 1.85. The van der Waals surface area contributed by atoms with E-state index in [0.717, 1.165) is 29.9 Å². The van der Waals surface area contributed by atoms with Crippen LogP contribution in [-0.2, 0) is 0 Å². The van der Waals surface area contributed by atoms with E-state index >= 15 is 0 Å². The highest BCUT2D eigenvalue weighted by Gasteiger charge is 2.05. The first-order valence-electron chi connectivity index (χ1n) is 6.71. The van der Waals surface area contributed by atoms with Crippen molar-refractivity contribution in [3.63, 3.8) is 0 Å². The number of benzene rings is 1. The van der Waals surface area contributed by atoms with Crippen molar-refractivity contribution in [2.75, 3.05) is 17.2 Å². The number of hydrogen-bond acceptors (Lipinski definition) is 4. The molecule has 2 aromatic rings. The fraction of sp³-hybridized carbons (Fsp3) is 0.333. The van der Waals surface area contributed by atoms with Gasteiger partial charge in [0.15, 0.2) is 0 Å². The maximum atomic E-state index is 13.1. The largest absolute Gasteiger partial charge is 0.354 e. The zero-order valence-electron chi connectivity index (χ0n) is 12.0. The quantitative estimate of drug-likeness (QED) is 0.870. The van der Waals surface area contributed by atoms with Gasteiger partial charge in [0.05, 0.1) is 0 Å². The summed E-state index contributed by atoms with van der Waals surface area (Å²) in [6.07, 6.45) is 1.01. The van der Waals surface area contributed by atoms with Gasteiger partial charge in [-0.2, -0.15) is 4.98 Å². The lowest BCUT2D eigenvalue weighted by atomic mass is 10.2. The number of nitrogens with one attached hydrogen (secondary N) is 2. The predicted octanol–water partition coefficient (Wildman–Crippen LogP) is 3.80. The first-order chi connectivity index (χ1) is 9.58. The van der Waals surface area contributed by atoms with Crippen LogP contribution >= 0.6 is 0 Å². The number of hydrogen-bond donors (Lipinski definition) is 2. The second kappa shape index (κ2) is 6.32. The van der Waals surface area contributed by atoms with Gasteiger partial charge in [-0.05, 0) is 44.0 Å².